The lowest BCUT2D eigenvalue weighted by Crippen LogP contribution is -2.20. The molecular formula is C14H20N6S. The second-order valence-electron chi connectivity index (χ2n) is 4.68. The Hall–Kier alpha value is -1.86. The molecule has 21 heavy (non-hydrogen) atoms. The van der Waals surface area contributed by atoms with E-state index in [-0.39, 0.29) is 6.04 Å². The number of aromatic nitrogens is 3. The molecule has 0 aliphatic carbocycles. The summed E-state index contributed by atoms with van der Waals surface area (Å²) in [6.45, 7) is 5.22. The van der Waals surface area contributed by atoms with E-state index in [2.05, 4.69) is 40.2 Å². The lowest BCUT2D eigenvalue weighted by atomic mass is 10.1. The van der Waals surface area contributed by atoms with E-state index >= 15 is 0 Å². The van der Waals surface area contributed by atoms with Crippen molar-refractivity contribution in [3.05, 3.63) is 30.0 Å². The number of hydrogen-bond donors (Lipinski definition) is 3. The molecule has 2 aromatic rings. The molecule has 0 aliphatic heterocycles. The fourth-order valence-corrected chi connectivity index (χ4v) is 2.83. The molecule has 5 N–H and O–H groups in total. The third-order valence-corrected chi connectivity index (χ3v) is 3.80. The van der Waals surface area contributed by atoms with Crippen LogP contribution in [0, 0.1) is 0 Å². The average molecular weight is 304 g/mol. The molecule has 0 saturated carbocycles. The van der Waals surface area contributed by atoms with Gasteiger partial charge in [-0.2, -0.15) is 0 Å². The van der Waals surface area contributed by atoms with Crippen LogP contribution in [0.25, 0.3) is 0 Å². The Kier molecular flexibility index (Phi) is 5.35. The Bertz CT molecular complexity index is 584. The number of anilines is 2. The van der Waals surface area contributed by atoms with Crippen LogP contribution in [0.1, 0.15) is 31.9 Å². The molecule has 0 radical (unpaired) electrons. The molecule has 6 nitrogen and oxygen atoms in total. The standard InChI is InChI=1S/C14H20N6S/c1-3-6-17-9(2)10-5-4-7-18-13(10)21-14-19-11(15)8-12(16)20-14/h4-5,7-9,17H,3,6H2,1-2H3,(H4,15,16,19,20). The predicted octanol–water partition coefficient (Wildman–Crippen LogP) is 2.25. The largest absolute Gasteiger partial charge is 0.383 e. The van der Waals surface area contributed by atoms with Gasteiger partial charge in [0.25, 0.3) is 0 Å². The number of nitrogens with one attached hydrogen (secondary N) is 1. The van der Waals surface area contributed by atoms with E-state index in [1.165, 1.54) is 17.8 Å². The van der Waals surface area contributed by atoms with Crippen molar-refractivity contribution in [1.82, 2.24) is 20.3 Å². The summed E-state index contributed by atoms with van der Waals surface area (Å²) in [7, 11) is 0. The van der Waals surface area contributed by atoms with Crippen molar-refractivity contribution < 1.29 is 0 Å². The van der Waals surface area contributed by atoms with E-state index in [1.54, 1.807) is 6.20 Å². The molecule has 2 aromatic heterocycles. The average Bonchev–Trinajstić information content (AvgIpc) is 2.44. The van der Waals surface area contributed by atoms with Crippen molar-refractivity contribution in [2.75, 3.05) is 18.0 Å². The van der Waals surface area contributed by atoms with Crippen molar-refractivity contribution in [2.45, 2.75) is 36.5 Å². The molecule has 2 rings (SSSR count). The highest BCUT2D eigenvalue weighted by atomic mass is 32.2. The highest BCUT2D eigenvalue weighted by Gasteiger charge is 2.13. The summed E-state index contributed by atoms with van der Waals surface area (Å²) in [5.41, 5.74) is 12.5. The topological polar surface area (TPSA) is 103 Å². The Morgan fingerprint density at radius 2 is 2.00 bits per heavy atom. The molecule has 0 fully saturated rings. The van der Waals surface area contributed by atoms with Gasteiger partial charge in [0.15, 0.2) is 5.16 Å². The first-order valence-corrected chi connectivity index (χ1v) is 7.68. The molecule has 112 valence electrons. The quantitative estimate of drug-likeness (QED) is 0.703. The van der Waals surface area contributed by atoms with Gasteiger partial charge in [0.2, 0.25) is 0 Å². The minimum absolute atomic E-state index is 0.208. The second-order valence-corrected chi connectivity index (χ2v) is 5.63. The molecule has 0 aromatic carbocycles. The van der Waals surface area contributed by atoms with E-state index in [0.29, 0.717) is 16.8 Å². The van der Waals surface area contributed by atoms with Crippen molar-refractivity contribution in [1.29, 1.82) is 0 Å². The van der Waals surface area contributed by atoms with Crippen LogP contribution >= 0.6 is 11.8 Å². The first kappa shape index (κ1) is 15.5. The third-order valence-electron chi connectivity index (χ3n) is 2.90. The molecule has 0 bridgehead atoms. The van der Waals surface area contributed by atoms with E-state index < -0.39 is 0 Å². The van der Waals surface area contributed by atoms with Gasteiger partial charge in [0, 0.05) is 23.9 Å². The second kappa shape index (κ2) is 7.24. The molecule has 1 atom stereocenters. The smallest absolute Gasteiger partial charge is 0.197 e. The normalized spacial score (nSPS) is 12.3. The molecule has 1 unspecified atom stereocenters. The van der Waals surface area contributed by atoms with Crippen LogP contribution in [0.2, 0.25) is 0 Å². The number of nitrogen functional groups attached to an aromatic ring is 2. The molecule has 2 heterocycles. The van der Waals surface area contributed by atoms with Crippen LogP contribution < -0.4 is 16.8 Å². The van der Waals surface area contributed by atoms with Gasteiger partial charge in [0.05, 0.1) is 0 Å². The molecule has 0 spiro atoms. The Morgan fingerprint density at radius 1 is 1.29 bits per heavy atom. The van der Waals surface area contributed by atoms with Gasteiger partial charge in [-0.1, -0.05) is 13.0 Å². The summed E-state index contributed by atoms with van der Waals surface area (Å²) in [5, 5.41) is 4.82. The number of rotatable bonds is 6. The highest BCUT2D eigenvalue weighted by molar-refractivity contribution is 7.99. The fourth-order valence-electron chi connectivity index (χ4n) is 1.88. The molecular weight excluding hydrogens is 284 g/mol. The number of nitrogens with zero attached hydrogens (tertiary/aromatic N) is 3. The van der Waals surface area contributed by atoms with Crippen LogP contribution in [0.15, 0.2) is 34.6 Å². The van der Waals surface area contributed by atoms with Crippen LogP contribution in [0.5, 0.6) is 0 Å². The van der Waals surface area contributed by atoms with E-state index in [1.807, 2.05) is 6.07 Å². The summed E-state index contributed by atoms with van der Waals surface area (Å²) in [4.78, 5) is 12.8. The predicted molar refractivity (Wildman–Crippen MR) is 85.9 cm³/mol. The van der Waals surface area contributed by atoms with Gasteiger partial charge in [0.1, 0.15) is 16.7 Å². The summed E-state index contributed by atoms with van der Waals surface area (Å²) in [5.74, 6) is 0.722. The maximum absolute atomic E-state index is 5.70. The monoisotopic (exact) mass is 304 g/mol. The number of nitrogens with two attached hydrogens (primary N) is 2. The minimum atomic E-state index is 0.208. The highest BCUT2D eigenvalue weighted by Crippen LogP contribution is 2.30. The van der Waals surface area contributed by atoms with Crippen LogP contribution in [0.4, 0.5) is 11.6 Å². The molecule has 0 saturated heterocycles. The number of hydrogen-bond acceptors (Lipinski definition) is 7. The molecule has 0 amide bonds. The molecule has 0 aliphatic rings. The van der Waals surface area contributed by atoms with Crippen molar-refractivity contribution in [3.63, 3.8) is 0 Å². The summed E-state index contributed by atoms with van der Waals surface area (Å²) in [6, 6.07) is 5.73. The lowest BCUT2D eigenvalue weighted by molar-refractivity contribution is 0.560. The Labute approximate surface area is 128 Å². The first-order valence-electron chi connectivity index (χ1n) is 6.86. The zero-order chi connectivity index (χ0) is 15.2. The Balaban J connectivity index is 2.23. The molecule has 7 heteroatoms. The summed E-state index contributed by atoms with van der Waals surface area (Å²) < 4.78 is 0. The maximum atomic E-state index is 5.70. The fraction of sp³-hybridized carbons (Fsp3) is 0.357. The van der Waals surface area contributed by atoms with Crippen LogP contribution in [0.3, 0.4) is 0 Å². The van der Waals surface area contributed by atoms with Crippen molar-refractivity contribution >= 4 is 23.4 Å². The SMILES string of the molecule is CCCNC(C)c1cccnc1Sc1nc(N)cc(N)n1. The van der Waals surface area contributed by atoms with Crippen LogP contribution in [-0.2, 0) is 0 Å². The van der Waals surface area contributed by atoms with Gasteiger partial charge < -0.3 is 16.8 Å². The summed E-state index contributed by atoms with van der Waals surface area (Å²) in [6.07, 6.45) is 2.84. The van der Waals surface area contributed by atoms with Gasteiger partial charge in [-0.05, 0) is 37.7 Å². The lowest BCUT2D eigenvalue weighted by Gasteiger charge is -2.16. The maximum Gasteiger partial charge on any atom is 0.197 e. The van der Waals surface area contributed by atoms with Gasteiger partial charge >= 0.3 is 0 Å². The van der Waals surface area contributed by atoms with E-state index in [4.69, 9.17) is 11.5 Å². The zero-order valence-electron chi connectivity index (χ0n) is 12.2. The van der Waals surface area contributed by atoms with Gasteiger partial charge in [-0.15, -0.1) is 0 Å². The van der Waals surface area contributed by atoms with Crippen molar-refractivity contribution in [2.24, 2.45) is 0 Å². The summed E-state index contributed by atoms with van der Waals surface area (Å²) >= 11 is 1.37. The first-order chi connectivity index (χ1) is 10.1. The number of pyridine rings is 1. The van der Waals surface area contributed by atoms with Gasteiger partial charge in [-0.3, -0.25) is 0 Å². The minimum Gasteiger partial charge on any atom is -0.383 e. The zero-order valence-corrected chi connectivity index (χ0v) is 13.0. The van der Waals surface area contributed by atoms with Crippen molar-refractivity contribution in [3.8, 4) is 0 Å². The van der Waals surface area contributed by atoms with E-state index in [9.17, 15) is 0 Å². The third kappa shape index (κ3) is 4.30. The van der Waals surface area contributed by atoms with Crippen LogP contribution in [-0.4, -0.2) is 21.5 Å². The Morgan fingerprint density at radius 3 is 2.67 bits per heavy atom. The van der Waals surface area contributed by atoms with Gasteiger partial charge in [-0.25, -0.2) is 15.0 Å². The van der Waals surface area contributed by atoms with E-state index in [0.717, 1.165) is 23.6 Å².